The normalized spacial score (nSPS) is 11.3. The Morgan fingerprint density at radius 2 is 2.20 bits per heavy atom. The minimum Gasteiger partial charge on any atom is -0.456 e. The number of furan rings is 1. The summed E-state index contributed by atoms with van der Waals surface area (Å²) >= 11 is 6.14. The van der Waals surface area contributed by atoms with Crippen LogP contribution in [0.5, 0.6) is 0 Å². The molecule has 15 heavy (non-hydrogen) atoms. The molecule has 0 spiro atoms. The smallest absolute Gasteiger partial charge is 0.136 e. The van der Waals surface area contributed by atoms with Gasteiger partial charge in [-0.05, 0) is 25.1 Å². The number of rotatable bonds is 2. The molecule has 1 aromatic heterocycles. The number of benzene rings is 1. The number of fused-ring (bicyclic) bond motifs is 1. The number of hydrogen-bond acceptors (Lipinski definition) is 1. The van der Waals surface area contributed by atoms with Gasteiger partial charge in [-0.3, -0.25) is 0 Å². The lowest BCUT2D eigenvalue weighted by Gasteiger charge is -1.93. The fraction of sp³-hybridized carbons (Fsp3) is 0.0769. The van der Waals surface area contributed by atoms with Crippen molar-refractivity contribution in [2.24, 2.45) is 0 Å². The summed E-state index contributed by atoms with van der Waals surface area (Å²) in [4.78, 5) is 0. The molecule has 0 amide bonds. The Hall–Kier alpha value is -1.47. The average molecular weight is 219 g/mol. The number of halogens is 1. The van der Waals surface area contributed by atoms with E-state index < -0.39 is 0 Å². The highest BCUT2D eigenvalue weighted by atomic mass is 35.5. The first kappa shape index (κ1) is 10.1. The summed E-state index contributed by atoms with van der Waals surface area (Å²) in [7, 11) is 0. The van der Waals surface area contributed by atoms with Gasteiger partial charge in [-0.1, -0.05) is 36.4 Å². The zero-order valence-corrected chi connectivity index (χ0v) is 9.21. The molecule has 0 saturated heterocycles. The molecule has 0 N–H and O–H groups in total. The van der Waals surface area contributed by atoms with Crippen molar-refractivity contribution in [2.75, 3.05) is 0 Å². The van der Waals surface area contributed by atoms with Crippen LogP contribution in [0.15, 0.2) is 35.3 Å². The molecule has 0 atom stereocenters. The van der Waals surface area contributed by atoms with E-state index in [9.17, 15) is 0 Å². The molecule has 76 valence electrons. The van der Waals surface area contributed by atoms with Crippen LogP contribution in [0.2, 0.25) is 5.02 Å². The Morgan fingerprint density at radius 3 is 2.87 bits per heavy atom. The van der Waals surface area contributed by atoms with E-state index in [-0.39, 0.29) is 0 Å². The largest absolute Gasteiger partial charge is 0.456 e. The first-order valence-electron chi connectivity index (χ1n) is 4.74. The molecule has 0 aliphatic carbocycles. The third kappa shape index (κ3) is 1.59. The van der Waals surface area contributed by atoms with Crippen molar-refractivity contribution in [3.8, 4) is 0 Å². The molecule has 1 aromatic carbocycles. The second-order valence-corrected chi connectivity index (χ2v) is 3.60. The summed E-state index contributed by atoms with van der Waals surface area (Å²) in [5, 5.41) is 1.66. The van der Waals surface area contributed by atoms with Crippen molar-refractivity contribution >= 4 is 34.7 Å². The lowest BCUT2D eigenvalue weighted by Crippen LogP contribution is -1.73. The van der Waals surface area contributed by atoms with E-state index >= 15 is 0 Å². The highest BCUT2D eigenvalue weighted by molar-refractivity contribution is 6.36. The van der Waals surface area contributed by atoms with Gasteiger partial charge in [0.25, 0.3) is 0 Å². The van der Waals surface area contributed by atoms with Gasteiger partial charge in [0.1, 0.15) is 11.3 Å². The van der Waals surface area contributed by atoms with E-state index in [4.69, 9.17) is 16.0 Å². The van der Waals surface area contributed by atoms with E-state index in [1.807, 2.05) is 37.3 Å². The second-order valence-electron chi connectivity index (χ2n) is 3.20. The predicted octanol–water partition coefficient (Wildman–Crippen LogP) is 4.76. The van der Waals surface area contributed by atoms with Gasteiger partial charge in [-0.2, -0.15) is 0 Å². The Balaban J connectivity index is 2.88. The lowest BCUT2D eigenvalue weighted by molar-refractivity contribution is 0.603. The van der Waals surface area contributed by atoms with Crippen molar-refractivity contribution < 1.29 is 4.42 Å². The van der Waals surface area contributed by atoms with Gasteiger partial charge in [0.2, 0.25) is 0 Å². The summed E-state index contributed by atoms with van der Waals surface area (Å²) in [5.74, 6) is 0.760. The highest BCUT2D eigenvalue weighted by Gasteiger charge is 2.11. The number of allylic oxidation sites excluding steroid dienone is 1. The summed E-state index contributed by atoms with van der Waals surface area (Å²) in [5.41, 5.74) is 1.79. The van der Waals surface area contributed by atoms with E-state index in [0.29, 0.717) is 5.02 Å². The zero-order valence-electron chi connectivity index (χ0n) is 8.46. The Kier molecular flexibility index (Phi) is 2.65. The Labute approximate surface area is 93.7 Å². The number of hydrogen-bond donors (Lipinski definition) is 0. The third-order valence-electron chi connectivity index (χ3n) is 2.25. The van der Waals surface area contributed by atoms with Crippen molar-refractivity contribution in [1.29, 1.82) is 0 Å². The fourth-order valence-electron chi connectivity index (χ4n) is 1.63. The summed E-state index contributed by atoms with van der Waals surface area (Å²) in [6.07, 6.45) is 5.64. The summed E-state index contributed by atoms with van der Waals surface area (Å²) in [6, 6.07) is 5.64. The van der Waals surface area contributed by atoms with Crippen LogP contribution in [0.3, 0.4) is 0 Å². The van der Waals surface area contributed by atoms with Crippen LogP contribution in [-0.2, 0) is 0 Å². The third-order valence-corrected chi connectivity index (χ3v) is 2.56. The summed E-state index contributed by atoms with van der Waals surface area (Å²) in [6.45, 7) is 5.69. The molecule has 0 unspecified atom stereocenters. The van der Waals surface area contributed by atoms with Gasteiger partial charge >= 0.3 is 0 Å². The maximum atomic E-state index is 6.14. The second kappa shape index (κ2) is 3.95. The van der Waals surface area contributed by atoms with Crippen molar-refractivity contribution in [1.82, 2.24) is 0 Å². The first-order valence-corrected chi connectivity index (χ1v) is 5.12. The molecule has 0 aliphatic rings. The average Bonchev–Trinajstić information content (AvgIpc) is 2.58. The first-order chi connectivity index (χ1) is 7.27. The molecule has 0 bridgehead atoms. The molecule has 2 aromatic rings. The zero-order chi connectivity index (χ0) is 10.8. The van der Waals surface area contributed by atoms with E-state index in [1.54, 1.807) is 6.08 Å². The Bertz CT molecular complexity index is 535. The van der Waals surface area contributed by atoms with Crippen LogP contribution < -0.4 is 0 Å². The molecule has 0 aliphatic heterocycles. The Morgan fingerprint density at radius 1 is 1.40 bits per heavy atom. The quantitative estimate of drug-likeness (QED) is 0.708. The van der Waals surface area contributed by atoms with Gasteiger partial charge in [0, 0.05) is 10.9 Å². The van der Waals surface area contributed by atoms with E-state index in [2.05, 4.69) is 6.58 Å². The maximum Gasteiger partial charge on any atom is 0.136 e. The van der Waals surface area contributed by atoms with Crippen LogP contribution in [0, 0.1) is 0 Å². The minimum atomic E-state index is 0.706. The molecule has 1 heterocycles. The SMILES string of the molecule is C=Cc1oc2cccc(Cl)c2c1/C=C\C. The van der Waals surface area contributed by atoms with E-state index in [1.165, 1.54) is 0 Å². The van der Waals surface area contributed by atoms with Gasteiger partial charge < -0.3 is 4.42 Å². The predicted molar refractivity (Wildman–Crippen MR) is 66.0 cm³/mol. The minimum absolute atomic E-state index is 0.706. The standard InChI is InChI=1S/C13H11ClO/c1-3-6-9-11(4-2)15-12-8-5-7-10(14)13(9)12/h3-8H,2H2,1H3/b6-3-. The molecular formula is C13H11ClO. The van der Waals surface area contributed by atoms with Crippen LogP contribution in [-0.4, -0.2) is 0 Å². The van der Waals surface area contributed by atoms with Crippen molar-refractivity contribution in [3.63, 3.8) is 0 Å². The van der Waals surface area contributed by atoms with Crippen molar-refractivity contribution in [2.45, 2.75) is 6.92 Å². The van der Waals surface area contributed by atoms with Gasteiger partial charge in [-0.25, -0.2) is 0 Å². The molecule has 1 nitrogen and oxygen atoms in total. The molecule has 0 saturated carbocycles. The van der Waals surface area contributed by atoms with Gasteiger partial charge in [-0.15, -0.1) is 0 Å². The lowest BCUT2D eigenvalue weighted by atomic mass is 10.1. The van der Waals surface area contributed by atoms with Gasteiger partial charge in [0.05, 0.1) is 5.02 Å². The maximum absolute atomic E-state index is 6.14. The molecule has 0 radical (unpaired) electrons. The van der Waals surface area contributed by atoms with Crippen LogP contribution >= 0.6 is 11.6 Å². The fourth-order valence-corrected chi connectivity index (χ4v) is 1.90. The molecule has 2 rings (SSSR count). The highest BCUT2D eigenvalue weighted by Crippen LogP contribution is 2.33. The molecular weight excluding hydrogens is 208 g/mol. The van der Waals surface area contributed by atoms with Crippen molar-refractivity contribution in [3.05, 3.63) is 47.2 Å². The van der Waals surface area contributed by atoms with Crippen LogP contribution in [0.1, 0.15) is 18.2 Å². The van der Waals surface area contributed by atoms with Crippen LogP contribution in [0.4, 0.5) is 0 Å². The van der Waals surface area contributed by atoms with Gasteiger partial charge in [0.15, 0.2) is 0 Å². The summed E-state index contributed by atoms with van der Waals surface area (Å²) < 4.78 is 5.63. The monoisotopic (exact) mass is 218 g/mol. The topological polar surface area (TPSA) is 13.1 Å². The molecule has 0 fully saturated rings. The van der Waals surface area contributed by atoms with Crippen LogP contribution in [0.25, 0.3) is 23.1 Å². The van der Waals surface area contributed by atoms with E-state index in [0.717, 1.165) is 22.3 Å². The molecule has 2 heteroatoms.